The predicted octanol–water partition coefficient (Wildman–Crippen LogP) is 3.72. The standard InChI is InChI=1S/C13H24.C4H10N2/c1-3-7-12(8-4-1)11-13-9-5-2-6-10-13;1-2-6-4-3-5-1/h12-13H,1-11H2;5-6H,1-4H2. The second-order valence-corrected chi connectivity index (χ2v) is 6.74. The van der Waals surface area contributed by atoms with Crippen molar-refractivity contribution >= 4 is 0 Å². The highest BCUT2D eigenvalue weighted by atomic mass is 15.0. The smallest absolute Gasteiger partial charge is 0.00772 e. The summed E-state index contributed by atoms with van der Waals surface area (Å²) in [7, 11) is 0. The Balaban J connectivity index is 0.000000186. The lowest BCUT2D eigenvalue weighted by molar-refractivity contribution is 0.244. The summed E-state index contributed by atoms with van der Waals surface area (Å²) < 4.78 is 0. The fourth-order valence-electron chi connectivity index (χ4n) is 3.92. The van der Waals surface area contributed by atoms with E-state index in [4.69, 9.17) is 0 Å². The SMILES string of the molecule is C1CCC(CC2CCCCC2)CC1.C1CNCCN1. The molecular weight excluding hydrogens is 232 g/mol. The topological polar surface area (TPSA) is 24.1 Å². The summed E-state index contributed by atoms with van der Waals surface area (Å²) in [6, 6.07) is 0. The molecule has 0 unspecified atom stereocenters. The number of rotatable bonds is 2. The van der Waals surface area contributed by atoms with Crippen LogP contribution in [-0.2, 0) is 0 Å². The first-order chi connectivity index (χ1) is 9.45. The molecule has 1 heterocycles. The minimum Gasteiger partial charge on any atom is -0.314 e. The van der Waals surface area contributed by atoms with Crippen LogP contribution in [0.15, 0.2) is 0 Å². The zero-order valence-corrected chi connectivity index (χ0v) is 12.8. The van der Waals surface area contributed by atoms with Crippen LogP contribution in [0.1, 0.15) is 70.6 Å². The minimum absolute atomic E-state index is 1.12. The van der Waals surface area contributed by atoms with E-state index in [1.807, 2.05) is 0 Å². The average Bonchev–Trinajstić information content (AvgIpc) is 2.52. The summed E-state index contributed by atoms with van der Waals surface area (Å²) >= 11 is 0. The van der Waals surface area contributed by atoms with Crippen LogP contribution in [0.2, 0.25) is 0 Å². The lowest BCUT2D eigenvalue weighted by Gasteiger charge is -2.28. The Bertz CT molecular complexity index is 174. The van der Waals surface area contributed by atoms with Crippen molar-refractivity contribution in [3.63, 3.8) is 0 Å². The third-order valence-corrected chi connectivity index (χ3v) is 5.07. The summed E-state index contributed by atoms with van der Waals surface area (Å²) in [5.74, 6) is 2.24. The van der Waals surface area contributed by atoms with E-state index in [0.29, 0.717) is 0 Å². The first-order valence-corrected chi connectivity index (χ1v) is 8.86. The van der Waals surface area contributed by atoms with Gasteiger partial charge in [0.1, 0.15) is 0 Å². The summed E-state index contributed by atoms with van der Waals surface area (Å²) in [5.41, 5.74) is 0. The molecule has 0 aromatic carbocycles. The quantitative estimate of drug-likeness (QED) is 0.796. The number of hydrogen-bond donors (Lipinski definition) is 2. The van der Waals surface area contributed by atoms with Crippen molar-refractivity contribution in [1.29, 1.82) is 0 Å². The van der Waals surface area contributed by atoms with Gasteiger partial charge < -0.3 is 10.6 Å². The maximum absolute atomic E-state index is 3.22. The molecule has 0 radical (unpaired) electrons. The summed E-state index contributed by atoms with van der Waals surface area (Å²) in [6.07, 6.45) is 16.9. The highest BCUT2D eigenvalue weighted by Crippen LogP contribution is 2.34. The Labute approximate surface area is 120 Å². The van der Waals surface area contributed by atoms with Gasteiger partial charge in [0.25, 0.3) is 0 Å². The first-order valence-electron chi connectivity index (χ1n) is 8.86. The van der Waals surface area contributed by atoms with Crippen molar-refractivity contribution in [3.05, 3.63) is 0 Å². The van der Waals surface area contributed by atoms with Gasteiger partial charge in [-0.15, -0.1) is 0 Å². The molecule has 0 aromatic heterocycles. The van der Waals surface area contributed by atoms with E-state index in [0.717, 1.165) is 38.0 Å². The molecule has 0 amide bonds. The van der Waals surface area contributed by atoms with E-state index in [-0.39, 0.29) is 0 Å². The summed E-state index contributed by atoms with van der Waals surface area (Å²) in [4.78, 5) is 0. The zero-order valence-electron chi connectivity index (χ0n) is 12.8. The lowest BCUT2D eigenvalue weighted by Crippen LogP contribution is -2.39. The summed E-state index contributed by atoms with van der Waals surface area (Å²) in [6.45, 7) is 4.56. The van der Waals surface area contributed by atoms with Crippen molar-refractivity contribution in [1.82, 2.24) is 10.6 Å². The van der Waals surface area contributed by atoms with Crippen LogP contribution in [-0.4, -0.2) is 26.2 Å². The molecule has 0 spiro atoms. The van der Waals surface area contributed by atoms with Gasteiger partial charge in [-0.25, -0.2) is 0 Å². The number of piperazine rings is 1. The molecule has 0 aromatic rings. The largest absolute Gasteiger partial charge is 0.314 e. The molecule has 3 rings (SSSR count). The van der Waals surface area contributed by atoms with Gasteiger partial charge in [-0.3, -0.25) is 0 Å². The average molecular weight is 266 g/mol. The van der Waals surface area contributed by atoms with Crippen LogP contribution < -0.4 is 10.6 Å². The van der Waals surface area contributed by atoms with Crippen LogP contribution in [0.5, 0.6) is 0 Å². The highest BCUT2D eigenvalue weighted by Gasteiger charge is 2.20. The Morgan fingerprint density at radius 2 is 0.895 bits per heavy atom. The molecule has 2 aliphatic carbocycles. The lowest BCUT2D eigenvalue weighted by atomic mass is 9.78. The van der Waals surface area contributed by atoms with Gasteiger partial charge in [-0.1, -0.05) is 64.2 Å². The molecule has 1 saturated heterocycles. The van der Waals surface area contributed by atoms with Gasteiger partial charge >= 0.3 is 0 Å². The van der Waals surface area contributed by atoms with Gasteiger partial charge in [0.05, 0.1) is 0 Å². The van der Waals surface area contributed by atoms with Crippen molar-refractivity contribution in [2.45, 2.75) is 70.6 Å². The first kappa shape index (κ1) is 15.3. The zero-order chi connectivity index (χ0) is 13.2. The van der Waals surface area contributed by atoms with Crippen LogP contribution in [0, 0.1) is 11.8 Å². The monoisotopic (exact) mass is 266 g/mol. The van der Waals surface area contributed by atoms with Gasteiger partial charge in [-0.2, -0.15) is 0 Å². The van der Waals surface area contributed by atoms with E-state index < -0.39 is 0 Å². The van der Waals surface area contributed by atoms with E-state index in [2.05, 4.69) is 10.6 Å². The molecule has 2 saturated carbocycles. The molecule has 2 nitrogen and oxygen atoms in total. The Kier molecular flexibility index (Phi) is 7.87. The molecule has 3 aliphatic rings. The van der Waals surface area contributed by atoms with Gasteiger partial charge in [0, 0.05) is 26.2 Å². The van der Waals surface area contributed by atoms with Gasteiger partial charge in [0.2, 0.25) is 0 Å². The molecule has 112 valence electrons. The third-order valence-electron chi connectivity index (χ3n) is 5.07. The Hall–Kier alpha value is -0.0800. The number of hydrogen-bond acceptors (Lipinski definition) is 2. The Morgan fingerprint density at radius 3 is 1.21 bits per heavy atom. The minimum atomic E-state index is 1.12. The van der Waals surface area contributed by atoms with Crippen LogP contribution in [0.25, 0.3) is 0 Å². The van der Waals surface area contributed by atoms with Crippen molar-refractivity contribution in [3.8, 4) is 0 Å². The molecule has 1 aliphatic heterocycles. The molecular formula is C17H34N2. The molecule has 0 atom stereocenters. The third kappa shape index (κ3) is 6.76. The molecule has 2 N–H and O–H groups in total. The second kappa shape index (κ2) is 9.77. The van der Waals surface area contributed by atoms with Gasteiger partial charge in [-0.05, 0) is 18.3 Å². The van der Waals surface area contributed by atoms with E-state index >= 15 is 0 Å². The molecule has 19 heavy (non-hydrogen) atoms. The molecule has 3 fully saturated rings. The van der Waals surface area contributed by atoms with E-state index in [9.17, 15) is 0 Å². The fourth-order valence-corrected chi connectivity index (χ4v) is 3.92. The molecule has 0 bridgehead atoms. The maximum Gasteiger partial charge on any atom is 0.00772 e. The van der Waals surface area contributed by atoms with Crippen LogP contribution in [0.4, 0.5) is 0 Å². The van der Waals surface area contributed by atoms with E-state index in [1.165, 1.54) is 38.5 Å². The normalized spacial score (nSPS) is 26.5. The Morgan fingerprint density at radius 1 is 0.526 bits per heavy atom. The van der Waals surface area contributed by atoms with Crippen LogP contribution in [0.3, 0.4) is 0 Å². The van der Waals surface area contributed by atoms with Crippen molar-refractivity contribution in [2.75, 3.05) is 26.2 Å². The molecule has 2 heteroatoms. The fraction of sp³-hybridized carbons (Fsp3) is 1.00. The van der Waals surface area contributed by atoms with Crippen LogP contribution >= 0.6 is 0 Å². The summed E-state index contributed by atoms with van der Waals surface area (Å²) in [5, 5.41) is 6.44. The van der Waals surface area contributed by atoms with E-state index in [1.54, 1.807) is 32.1 Å². The van der Waals surface area contributed by atoms with Crippen molar-refractivity contribution in [2.24, 2.45) is 11.8 Å². The second-order valence-electron chi connectivity index (χ2n) is 6.74. The van der Waals surface area contributed by atoms with Gasteiger partial charge in [0.15, 0.2) is 0 Å². The number of nitrogens with one attached hydrogen (secondary N) is 2. The maximum atomic E-state index is 3.22. The highest BCUT2D eigenvalue weighted by molar-refractivity contribution is 4.73. The predicted molar refractivity (Wildman–Crippen MR) is 83.5 cm³/mol. The van der Waals surface area contributed by atoms with Crippen molar-refractivity contribution < 1.29 is 0 Å².